The highest BCUT2D eigenvalue weighted by molar-refractivity contribution is 5.77. The number of aliphatic hydroxyl groups excluding tert-OH is 3. The Bertz CT molecular complexity index is 1090. The topological polar surface area (TPSA) is 304 Å². The third-order valence-corrected chi connectivity index (χ3v) is 8.51. The van der Waals surface area contributed by atoms with Crippen molar-refractivity contribution in [2.24, 2.45) is 16.9 Å². The highest BCUT2D eigenvalue weighted by Crippen LogP contribution is 2.23. The monoisotopic (exact) mass is 807 g/mol. The predicted octanol–water partition coefficient (Wildman–Crippen LogP) is -3.10. The maximum Gasteiger partial charge on any atom is 0.222 e. The first kappa shape index (κ1) is 51.0. The minimum Gasteiger partial charge on any atom is -0.394 e. The molecule has 0 aromatic heterocycles. The Kier molecular flexibility index (Phi) is 28.2. The summed E-state index contributed by atoms with van der Waals surface area (Å²) < 4.78 is 28.6. The molecule has 1 saturated heterocycles. The van der Waals surface area contributed by atoms with Crippen LogP contribution in [0.15, 0.2) is 0 Å². The van der Waals surface area contributed by atoms with Gasteiger partial charge in [-0.3, -0.25) is 24.0 Å². The Hall–Kier alpha value is -3.05. The molecule has 1 aliphatic heterocycles. The highest BCUT2D eigenvalue weighted by Gasteiger charge is 2.45. The smallest absolute Gasteiger partial charge is 0.222 e. The lowest BCUT2D eigenvalue weighted by Gasteiger charge is -2.42. The van der Waals surface area contributed by atoms with Gasteiger partial charge >= 0.3 is 0 Å². The third-order valence-electron chi connectivity index (χ3n) is 8.51. The zero-order valence-corrected chi connectivity index (χ0v) is 33.2. The number of hydrogen-bond donors (Lipinski definition) is 10. The fraction of sp³-hybridized carbons (Fsp3) is 0.861. The van der Waals surface area contributed by atoms with Gasteiger partial charge in [-0.2, -0.15) is 0 Å². The summed E-state index contributed by atoms with van der Waals surface area (Å²) in [5.74, 6) is -1.08. The molecule has 0 bridgehead atoms. The molecule has 0 spiro atoms. The van der Waals surface area contributed by atoms with Crippen LogP contribution in [0.25, 0.3) is 0 Å². The van der Waals surface area contributed by atoms with Crippen LogP contribution in [0, 0.1) is 5.41 Å². The lowest BCUT2D eigenvalue weighted by Crippen LogP contribution is -2.64. The molecule has 20 nitrogen and oxygen atoms in total. The van der Waals surface area contributed by atoms with E-state index in [4.69, 9.17) is 35.2 Å². The van der Waals surface area contributed by atoms with Crippen LogP contribution in [0.2, 0.25) is 0 Å². The Morgan fingerprint density at radius 2 is 1.09 bits per heavy atom. The van der Waals surface area contributed by atoms with Gasteiger partial charge < -0.3 is 77.1 Å². The van der Waals surface area contributed by atoms with Crippen LogP contribution in [-0.4, -0.2) is 168 Å². The summed E-state index contributed by atoms with van der Waals surface area (Å²) in [6.45, 7) is 6.74. The van der Waals surface area contributed by atoms with Gasteiger partial charge in [-0.25, -0.2) is 0 Å². The summed E-state index contributed by atoms with van der Waals surface area (Å²) in [5.41, 5.74) is 10.3. The summed E-state index contributed by atoms with van der Waals surface area (Å²) in [6.07, 6.45) is -1.33. The summed E-state index contributed by atoms with van der Waals surface area (Å²) in [5, 5.41) is 43.5. The van der Waals surface area contributed by atoms with Crippen LogP contribution < -0.4 is 38.1 Å². The first-order valence-corrected chi connectivity index (χ1v) is 19.6. The van der Waals surface area contributed by atoms with Crippen molar-refractivity contribution in [2.75, 3.05) is 92.1 Å². The van der Waals surface area contributed by atoms with E-state index in [2.05, 4.69) is 26.6 Å². The van der Waals surface area contributed by atoms with Crippen molar-refractivity contribution in [3.8, 4) is 0 Å². The van der Waals surface area contributed by atoms with Gasteiger partial charge in [0.2, 0.25) is 29.5 Å². The largest absolute Gasteiger partial charge is 0.394 e. The zero-order valence-electron chi connectivity index (χ0n) is 33.2. The second-order valence-corrected chi connectivity index (χ2v) is 14.0. The predicted molar refractivity (Wildman–Crippen MR) is 204 cm³/mol. The van der Waals surface area contributed by atoms with Crippen LogP contribution in [0.3, 0.4) is 0 Å². The van der Waals surface area contributed by atoms with E-state index in [-0.39, 0.29) is 95.6 Å². The molecule has 0 radical (unpaired) electrons. The molecule has 0 aromatic rings. The van der Waals surface area contributed by atoms with Crippen molar-refractivity contribution < 1.29 is 63.0 Å². The molecule has 5 amide bonds. The van der Waals surface area contributed by atoms with Gasteiger partial charge in [-0.05, 0) is 45.2 Å². The lowest BCUT2D eigenvalue weighted by atomic mass is 9.94. The molecule has 1 rings (SSSR count). The van der Waals surface area contributed by atoms with Gasteiger partial charge in [-0.15, -0.1) is 0 Å². The molecule has 12 N–H and O–H groups in total. The number of carbonyl (C=O) groups is 5. The number of unbranched alkanes of at least 4 members (excludes halogenated alkanes) is 1. The molecule has 326 valence electrons. The average Bonchev–Trinajstić information content (AvgIpc) is 3.16. The molecule has 1 heterocycles. The molecule has 1 aliphatic rings. The number of nitrogens with two attached hydrogens (primary N) is 2. The van der Waals surface area contributed by atoms with Gasteiger partial charge in [0.05, 0.1) is 46.2 Å². The quantitative estimate of drug-likeness (QED) is 0.0294. The summed E-state index contributed by atoms with van der Waals surface area (Å²) in [7, 11) is 0. The second-order valence-electron chi connectivity index (χ2n) is 14.0. The van der Waals surface area contributed by atoms with Crippen LogP contribution in [0.4, 0.5) is 0 Å². The molecule has 0 aromatic carbocycles. The molecule has 5 atom stereocenters. The Morgan fingerprint density at radius 1 is 0.643 bits per heavy atom. The van der Waals surface area contributed by atoms with E-state index in [0.29, 0.717) is 71.4 Å². The summed E-state index contributed by atoms with van der Waals surface area (Å²) >= 11 is 0. The number of nitrogens with one attached hydrogen (secondary N) is 5. The van der Waals surface area contributed by atoms with Gasteiger partial charge in [0.25, 0.3) is 0 Å². The van der Waals surface area contributed by atoms with Crippen molar-refractivity contribution in [3.05, 3.63) is 0 Å². The van der Waals surface area contributed by atoms with E-state index in [1.54, 1.807) is 0 Å². The third kappa shape index (κ3) is 23.9. The Balaban J connectivity index is 2.30. The molecular formula is C36H69N7O13. The van der Waals surface area contributed by atoms with Crippen LogP contribution >= 0.6 is 0 Å². The fourth-order valence-electron chi connectivity index (χ4n) is 5.33. The van der Waals surface area contributed by atoms with Gasteiger partial charge in [0, 0.05) is 70.8 Å². The van der Waals surface area contributed by atoms with E-state index in [1.807, 2.05) is 6.92 Å². The van der Waals surface area contributed by atoms with Crippen LogP contribution in [0.5, 0.6) is 0 Å². The van der Waals surface area contributed by atoms with Crippen molar-refractivity contribution in [1.29, 1.82) is 0 Å². The van der Waals surface area contributed by atoms with Gasteiger partial charge in [0.1, 0.15) is 24.4 Å². The molecule has 1 fully saturated rings. The number of aliphatic hydroxyl groups is 3. The first-order valence-electron chi connectivity index (χ1n) is 19.6. The van der Waals surface area contributed by atoms with Gasteiger partial charge in [0.15, 0.2) is 6.29 Å². The van der Waals surface area contributed by atoms with E-state index in [1.165, 1.54) is 6.92 Å². The maximum absolute atomic E-state index is 12.4. The molecule has 20 heteroatoms. The number of amides is 5. The number of ether oxygens (including phenoxy) is 5. The summed E-state index contributed by atoms with van der Waals surface area (Å²) in [4.78, 5) is 60.1. The van der Waals surface area contributed by atoms with Crippen LogP contribution in [-0.2, 0) is 47.7 Å². The van der Waals surface area contributed by atoms with E-state index in [9.17, 15) is 39.3 Å². The first-order chi connectivity index (χ1) is 26.8. The molecule has 56 heavy (non-hydrogen) atoms. The van der Waals surface area contributed by atoms with Crippen molar-refractivity contribution >= 4 is 29.5 Å². The molecular weight excluding hydrogens is 738 g/mol. The van der Waals surface area contributed by atoms with E-state index in [0.717, 1.165) is 0 Å². The second kappa shape index (κ2) is 31.0. The maximum atomic E-state index is 12.4. The summed E-state index contributed by atoms with van der Waals surface area (Å²) in [6, 6.07) is -1.03. The molecule has 0 saturated carbocycles. The minimum absolute atomic E-state index is 0.121. The van der Waals surface area contributed by atoms with Crippen LogP contribution in [0.1, 0.15) is 71.6 Å². The van der Waals surface area contributed by atoms with Crippen molar-refractivity contribution in [2.45, 2.75) is 102 Å². The highest BCUT2D eigenvalue weighted by atomic mass is 16.7. The number of hydrogen-bond acceptors (Lipinski definition) is 15. The van der Waals surface area contributed by atoms with Crippen molar-refractivity contribution in [1.82, 2.24) is 26.6 Å². The minimum atomic E-state index is -1.40. The Morgan fingerprint density at radius 3 is 1.52 bits per heavy atom. The fourth-order valence-corrected chi connectivity index (χ4v) is 5.33. The lowest BCUT2D eigenvalue weighted by molar-refractivity contribution is -0.270. The number of carbonyl (C=O) groups excluding carboxylic acids is 5. The van der Waals surface area contributed by atoms with E-state index >= 15 is 0 Å². The van der Waals surface area contributed by atoms with Gasteiger partial charge in [-0.1, -0.05) is 6.92 Å². The molecule has 3 unspecified atom stereocenters. The standard InChI is InChI=1S/C36H69N7O13/c1-26(45)43-32-34(51)33(50)27(22-44)56-35(32)55-18-4-3-8-28(46)41-16-7-17-42-31(49)11-21-54-25-36(2,23-52-19-9-29(47)39-14-5-12-37)24-53-20-10-30(48)40-15-6-13-38/h27,32-35,44,50-51H,3-25,37-38H2,1-2H3,(H,39,47)(H,40,48)(H,41,46)(H,42,49)(H,43,45)/t27?,32?,33-,34?,35-/m1/s1. The Labute approximate surface area is 330 Å². The SMILES string of the molecule is CC(=O)NC1C(O)[C@H](O)C(CO)O[C@H]1OCCCCC(=O)NCCCNC(=O)CCOCC(C)(COCCC(=O)NCCCN)COCCC(=O)NCCCN. The number of rotatable bonds is 33. The van der Waals surface area contributed by atoms with E-state index < -0.39 is 48.6 Å². The zero-order chi connectivity index (χ0) is 41.6. The average molecular weight is 808 g/mol. The normalized spacial score (nSPS) is 19.6. The molecule has 0 aliphatic carbocycles. The van der Waals surface area contributed by atoms with Crippen molar-refractivity contribution in [3.63, 3.8) is 0 Å².